The van der Waals surface area contributed by atoms with Crippen molar-refractivity contribution in [1.82, 2.24) is 4.72 Å². The Kier molecular flexibility index (Phi) is 4.61. The van der Waals surface area contributed by atoms with Crippen molar-refractivity contribution in [2.24, 2.45) is 0 Å². The minimum absolute atomic E-state index is 0.233. The van der Waals surface area contributed by atoms with Gasteiger partial charge in [0.05, 0.1) is 18.0 Å². The van der Waals surface area contributed by atoms with Crippen LogP contribution in [0.4, 0.5) is 0 Å². The first-order valence-electron chi connectivity index (χ1n) is 7.06. The first-order valence-corrected chi connectivity index (χ1v) is 9.34. The Bertz CT molecular complexity index is 805. The van der Waals surface area contributed by atoms with Gasteiger partial charge in [-0.3, -0.25) is 0 Å². The molecule has 2 aromatic carbocycles. The van der Waals surface area contributed by atoms with E-state index in [1.54, 1.807) is 31.4 Å². The number of methoxy groups -OCH3 is 1. The zero-order valence-corrected chi connectivity index (χ0v) is 14.9. The lowest BCUT2D eigenvalue weighted by Crippen LogP contribution is -2.42. The Morgan fingerprint density at radius 3 is 2.65 bits per heavy atom. The molecule has 0 saturated heterocycles. The van der Waals surface area contributed by atoms with Crippen LogP contribution in [0, 0.1) is 0 Å². The lowest BCUT2D eigenvalue weighted by atomic mass is 10.0. The van der Waals surface area contributed by atoms with E-state index >= 15 is 0 Å². The van der Waals surface area contributed by atoms with Crippen molar-refractivity contribution in [2.45, 2.75) is 17.4 Å². The van der Waals surface area contributed by atoms with Gasteiger partial charge in [-0.05, 0) is 42.3 Å². The number of benzene rings is 2. The second-order valence-corrected chi connectivity index (χ2v) is 7.87. The fourth-order valence-corrected chi connectivity index (χ4v) is 4.02. The molecule has 1 atom stereocenters. The van der Waals surface area contributed by atoms with E-state index in [2.05, 4.69) is 20.7 Å². The maximum Gasteiger partial charge on any atom is 0.240 e. The van der Waals surface area contributed by atoms with Crippen molar-refractivity contribution in [3.8, 4) is 11.5 Å². The van der Waals surface area contributed by atoms with Gasteiger partial charge in [0, 0.05) is 4.47 Å². The molecule has 1 N–H and O–H groups in total. The van der Waals surface area contributed by atoms with E-state index in [-0.39, 0.29) is 17.5 Å². The first-order chi connectivity index (χ1) is 11.0. The Labute approximate surface area is 143 Å². The van der Waals surface area contributed by atoms with Crippen molar-refractivity contribution in [3.05, 3.63) is 52.5 Å². The van der Waals surface area contributed by atoms with Crippen LogP contribution in [0.5, 0.6) is 11.5 Å². The first kappa shape index (κ1) is 16.3. The summed E-state index contributed by atoms with van der Waals surface area (Å²) in [7, 11) is -1.99. The summed E-state index contributed by atoms with van der Waals surface area (Å²) in [6.07, 6.45) is 0.558. The molecule has 122 valence electrons. The lowest BCUT2D eigenvalue weighted by Gasteiger charge is -2.27. The van der Waals surface area contributed by atoms with E-state index in [0.29, 0.717) is 17.9 Å². The third-order valence-corrected chi connectivity index (χ3v) is 5.69. The number of hydrogen-bond acceptors (Lipinski definition) is 4. The van der Waals surface area contributed by atoms with Crippen LogP contribution in [0.3, 0.4) is 0 Å². The Hall–Kier alpha value is -1.57. The van der Waals surface area contributed by atoms with E-state index in [9.17, 15) is 8.42 Å². The average Bonchev–Trinajstić information content (AvgIpc) is 2.54. The topological polar surface area (TPSA) is 64.6 Å². The van der Waals surface area contributed by atoms with Gasteiger partial charge in [0.1, 0.15) is 6.61 Å². The number of ether oxygens (including phenoxy) is 2. The van der Waals surface area contributed by atoms with Crippen LogP contribution in [0.15, 0.2) is 51.8 Å². The average molecular weight is 398 g/mol. The molecule has 0 aliphatic carbocycles. The second-order valence-electron chi connectivity index (χ2n) is 5.24. The van der Waals surface area contributed by atoms with Gasteiger partial charge >= 0.3 is 0 Å². The monoisotopic (exact) mass is 397 g/mol. The maximum atomic E-state index is 12.4. The van der Waals surface area contributed by atoms with Crippen LogP contribution in [0.25, 0.3) is 0 Å². The number of rotatable bonds is 4. The Morgan fingerprint density at radius 2 is 1.96 bits per heavy atom. The molecule has 0 amide bonds. The summed E-state index contributed by atoms with van der Waals surface area (Å²) in [5.74, 6) is 1.35. The van der Waals surface area contributed by atoms with Gasteiger partial charge in [-0.1, -0.05) is 28.1 Å². The van der Waals surface area contributed by atoms with Gasteiger partial charge in [-0.15, -0.1) is 0 Å². The molecule has 0 saturated carbocycles. The lowest BCUT2D eigenvalue weighted by molar-refractivity contribution is 0.240. The van der Waals surface area contributed by atoms with Gasteiger partial charge in [-0.2, -0.15) is 0 Å². The van der Waals surface area contributed by atoms with E-state index in [4.69, 9.17) is 9.47 Å². The number of halogens is 1. The zero-order valence-electron chi connectivity index (χ0n) is 12.5. The molecule has 3 rings (SSSR count). The molecule has 1 aliphatic rings. The van der Waals surface area contributed by atoms with Gasteiger partial charge in [0.15, 0.2) is 11.5 Å². The number of fused-ring (bicyclic) bond motifs is 1. The molecule has 0 radical (unpaired) electrons. The van der Waals surface area contributed by atoms with Crippen LogP contribution in [0.2, 0.25) is 0 Å². The van der Waals surface area contributed by atoms with Crippen molar-refractivity contribution >= 4 is 26.0 Å². The smallest absolute Gasteiger partial charge is 0.240 e. The molecule has 0 bridgehead atoms. The fraction of sp³-hybridized carbons (Fsp3) is 0.250. The maximum absolute atomic E-state index is 12.4. The molecular formula is C16H16BrNO4S. The molecule has 23 heavy (non-hydrogen) atoms. The van der Waals surface area contributed by atoms with Crippen LogP contribution in [-0.4, -0.2) is 28.2 Å². The summed E-state index contributed by atoms with van der Waals surface area (Å²) >= 11 is 3.30. The molecule has 1 aliphatic heterocycles. The summed E-state index contributed by atoms with van der Waals surface area (Å²) in [4.78, 5) is 0.233. The van der Waals surface area contributed by atoms with E-state index < -0.39 is 10.0 Å². The molecule has 0 unspecified atom stereocenters. The third-order valence-electron chi connectivity index (χ3n) is 3.62. The van der Waals surface area contributed by atoms with E-state index in [0.717, 1.165) is 10.0 Å². The highest BCUT2D eigenvalue weighted by molar-refractivity contribution is 9.10. The van der Waals surface area contributed by atoms with Crippen LogP contribution in [-0.2, 0) is 16.4 Å². The molecule has 5 nitrogen and oxygen atoms in total. The van der Waals surface area contributed by atoms with Crippen molar-refractivity contribution in [2.75, 3.05) is 13.7 Å². The molecule has 7 heteroatoms. The number of nitrogens with one attached hydrogen (secondary N) is 1. The number of para-hydroxylation sites is 1. The summed E-state index contributed by atoms with van der Waals surface area (Å²) in [5.41, 5.74) is 0.930. The fourth-order valence-electron chi connectivity index (χ4n) is 2.53. The highest BCUT2D eigenvalue weighted by Gasteiger charge is 2.27. The summed E-state index contributed by atoms with van der Waals surface area (Å²) < 4.78 is 39.4. The molecule has 2 aromatic rings. The molecule has 0 fully saturated rings. The third kappa shape index (κ3) is 3.52. The van der Waals surface area contributed by atoms with Crippen LogP contribution < -0.4 is 14.2 Å². The summed E-state index contributed by atoms with van der Waals surface area (Å²) in [6.45, 7) is 0.267. The minimum atomic E-state index is -3.58. The van der Waals surface area contributed by atoms with E-state index in [1.165, 1.54) is 0 Å². The van der Waals surface area contributed by atoms with Gasteiger partial charge in [0.25, 0.3) is 0 Å². The molecule has 0 aromatic heterocycles. The zero-order chi connectivity index (χ0) is 16.4. The standard InChI is InChI=1S/C16H16BrNO4S/c1-21-15-4-2-3-11-9-13(10-22-16(11)15)18-23(19,20)14-7-5-12(17)6-8-14/h2-8,13,18H,9-10H2,1H3/t13-/m1/s1. The van der Waals surface area contributed by atoms with Gasteiger partial charge in [0.2, 0.25) is 10.0 Å². The van der Waals surface area contributed by atoms with Crippen LogP contribution in [0.1, 0.15) is 5.56 Å². The van der Waals surface area contributed by atoms with Crippen LogP contribution >= 0.6 is 15.9 Å². The number of hydrogen-bond donors (Lipinski definition) is 1. The largest absolute Gasteiger partial charge is 0.493 e. The molecule has 0 spiro atoms. The van der Waals surface area contributed by atoms with Crippen molar-refractivity contribution < 1.29 is 17.9 Å². The normalized spacial score (nSPS) is 17.2. The minimum Gasteiger partial charge on any atom is -0.493 e. The predicted molar refractivity (Wildman–Crippen MR) is 90.4 cm³/mol. The molecular weight excluding hydrogens is 382 g/mol. The summed E-state index contributed by atoms with van der Waals surface area (Å²) in [6, 6.07) is 11.8. The SMILES string of the molecule is COc1cccc2c1OC[C@H](NS(=O)(=O)c1ccc(Br)cc1)C2. The number of sulfonamides is 1. The van der Waals surface area contributed by atoms with Crippen molar-refractivity contribution in [1.29, 1.82) is 0 Å². The van der Waals surface area contributed by atoms with Gasteiger partial charge in [-0.25, -0.2) is 13.1 Å². The summed E-state index contributed by atoms with van der Waals surface area (Å²) in [5, 5.41) is 0. The Morgan fingerprint density at radius 1 is 1.22 bits per heavy atom. The van der Waals surface area contributed by atoms with Crippen molar-refractivity contribution in [3.63, 3.8) is 0 Å². The Balaban J connectivity index is 1.78. The molecule has 1 heterocycles. The predicted octanol–water partition coefficient (Wildman–Crippen LogP) is 2.74. The quantitative estimate of drug-likeness (QED) is 0.861. The second kappa shape index (κ2) is 6.51. The highest BCUT2D eigenvalue weighted by atomic mass is 79.9. The van der Waals surface area contributed by atoms with E-state index in [1.807, 2.05) is 18.2 Å². The highest BCUT2D eigenvalue weighted by Crippen LogP contribution is 2.34. The van der Waals surface area contributed by atoms with Gasteiger partial charge < -0.3 is 9.47 Å².